The Morgan fingerprint density at radius 2 is 1.53 bits per heavy atom. The first kappa shape index (κ1) is 12.5. The highest BCUT2D eigenvalue weighted by molar-refractivity contribution is 5.75. The fourth-order valence-corrected chi connectivity index (χ4v) is 2.54. The smallest absolute Gasteiger partial charge is 0.0485 e. The molecule has 3 rings (SSSR count). The van der Waals surface area contributed by atoms with Gasteiger partial charge in [-0.25, -0.2) is 0 Å². The SMILES string of the molecule is [2H][C@@H]1[C@H](c2ccccc2)N1C(C)(C)c1ccccc1.[B]. The van der Waals surface area contributed by atoms with Crippen molar-refractivity contribution < 1.29 is 1.37 Å². The Morgan fingerprint density at radius 3 is 2.11 bits per heavy atom. The predicted octanol–water partition coefficient (Wildman–Crippen LogP) is 3.60. The summed E-state index contributed by atoms with van der Waals surface area (Å²) < 4.78 is 8.28. The molecule has 3 atom stereocenters. The van der Waals surface area contributed by atoms with E-state index in [0.29, 0.717) is 0 Å². The summed E-state index contributed by atoms with van der Waals surface area (Å²) in [6.45, 7) is 4.26. The summed E-state index contributed by atoms with van der Waals surface area (Å²) in [7, 11) is 0. The molecule has 2 heteroatoms. The van der Waals surface area contributed by atoms with Crippen LogP contribution in [0.25, 0.3) is 0 Å². The van der Waals surface area contributed by atoms with Crippen LogP contribution in [0.3, 0.4) is 0 Å². The van der Waals surface area contributed by atoms with E-state index in [1.165, 1.54) is 11.1 Å². The van der Waals surface area contributed by atoms with Crippen molar-refractivity contribution in [2.24, 2.45) is 0 Å². The molecule has 0 saturated carbocycles. The van der Waals surface area contributed by atoms with E-state index in [4.69, 9.17) is 1.37 Å². The minimum Gasteiger partial charge on any atom is -0.284 e. The summed E-state index contributed by atoms with van der Waals surface area (Å²) in [5.41, 5.74) is 2.41. The molecule has 1 heterocycles. The largest absolute Gasteiger partial charge is 0.284 e. The zero-order valence-corrected chi connectivity index (χ0v) is 11.5. The quantitative estimate of drug-likeness (QED) is 0.593. The Balaban J connectivity index is 0.00000147. The van der Waals surface area contributed by atoms with E-state index >= 15 is 0 Å². The highest BCUT2D eigenvalue weighted by atomic mass is 15.4. The maximum atomic E-state index is 8.28. The van der Waals surface area contributed by atoms with Gasteiger partial charge < -0.3 is 0 Å². The molecule has 1 fully saturated rings. The monoisotopic (exact) mass is 249 g/mol. The van der Waals surface area contributed by atoms with Crippen molar-refractivity contribution in [1.82, 2.24) is 4.90 Å². The zero-order valence-electron chi connectivity index (χ0n) is 12.5. The summed E-state index contributed by atoms with van der Waals surface area (Å²) in [5, 5.41) is 0. The molecule has 1 aliphatic rings. The normalized spacial score (nSPS) is 26.2. The van der Waals surface area contributed by atoms with Crippen molar-refractivity contribution in [3.8, 4) is 0 Å². The van der Waals surface area contributed by atoms with Crippen LogP contribution in [0, 0.1) is 0 Å². The van der Waals surface area contributed by atoms with E-state index in [1.807, 2.05) is 24.3 Å². The first-order valence-corrected chi connectivity index (χ1v) is 6.43. The number of nitrogens with zero attached hydrogens (tertiary/aromatic N) is 1. The van der Waals surface area contributed by atoms with Crippen LogP contribution in [0.4, 0.5) is 0 Å². The highest BCUT2D eigenvalue weighted by Crippen LogP contribution is 2.45. The van der Waals surface area contributed by atoms with Gasteiger partial charge in [0.1, 0.15) is 0 Å². The third kappa shape index (κ3) is 2.59. The van der Waals surface area contributed by atoms with Gasteiger partial charge >= 0.3 is 0 Å². The molecule has 0 aromatic heterocycles. The van der Waals surface area contributed by atoms with Crippen molar-refractivity contribution in [2.75, 3.05) is 6.52 Å². The average molecular weight is 249 g/mol. The minimum absolute atomic E-state index is 0. The lowest BCUT2D eigenvalue weighted by Crippen LogP contribution is -2.27. The Bertz CT molecular complexity index is 556. The van der Waals surface area contributed by atoms with E-state index in [9.17, 15) is 0 Å². The van der Waals surface area contributed by atoms with Crippen molar-refractivity contribution >= 4 is 8.41 Å². The van der Waals surface area contributed by atoms with Crippen molar-refractivity contribution in [2.45, 2.75) is 25.4 Å². The standard InChI is InChI=1S/C17H19N.B/c1-17(2,15-11-7-4-8-12-15)18-13-16(18)14-9-5-3-6-10-14;/h3-12,16H,13H2,1-2H3;/t16-,18?;/m1./s1/i13D;/t13-,16-,18?;. The topological polar surface area (TPSA) is 3.01 Å². The second-order valence-electron chi connectivity index (χ2n) is 5.34. The van der Waals surface area contributed by atoms with Crippen LogP contribution < -0.4 is 0 Å². The minimum atomic E-state index is -0.141. The van der Waals surface area contributed by atoms with Gasteiger partial charge in [0.05, 0.1) is 0 Å². The van der Waals surface area contributed by atoms with E-state index < -0.39 is 0 Å². The van der Waals surface area contributed by atoms with E-state index in [2.05, 4.69) is 55.1 Å². The van der Waals surface area contributed by atoms with Crippen LogP contribution in [-0.2, 0) is 5.54 Å². The maximum absolute atomic E-state index is 8.28. The van der Waals surface area contributed by atoms with Gasteiger partial charge in [-0.3, -0.25) is 4.90 Å². The number of benzene rings is 2. The van der Waals surface area contributed by atoms with Gasteiger partial charge in [-0.05, 0) is 25.0 Å². The van der Waals surface area contributed by atoms with Gasteiger partial charge in [0.15, 0.2) is 0 Å². The summed E-state index contributed by atoms with van der Waals surface area (Å²) in [6, 6.07) is 21.0. The molecule has 1 saturated heterocycles. The Labute approximate surface area is 119 Å². The molecule has 0 spiro atoms. The lowest BCUT2D eigenvalue weighted by Gasteiger charge is -2.28. The van der Waals surface area contributed by atoms with Gasteiger partial charge in [0.2, 0.25) is 0 Å². The van der Waals surface area contributed by atoms with Crippen molar-refractivity contribution in [3.63, 3.8) is 0 Å². The Morgan fingerprint density at radius 1 is 1.00 bits per heavy atom. The summed E-state index contributed by atoms with van der Waals surface area (Å²) in [5.74, 6) is 0. The van der Waals surface area contributed by atoms with Crippen LogP contribution >= 0.6 is 0 Å². The fraction of sp³-hybridized carbons (Fsp3) is 0.294. The summed E-state index contributed by atoms with van der Waals surface area (Å²) in [4.78, 5) is 2.26. The first-order chi connectivity index (χ1) is 9.12. The molecule has 1 nitrogen and oxygen atoms in total. The highest BCUT2D eigenvalue weighted by Gasteiger charge is 2.45. The van der Waals surface area contributed by atoms with Gasteiger partial charge in [0.25, 0.3) is 0 Å². The molecular formula is C17H19BN. The first-order valence-electron chi connectivity index (χ1n) is 7.01. The molecule has 1 aliphatic heterocycles. The molecule has 2 aromatic rings. The molecule has 2 aromatic carbocycles. The number of rotatable bonds is 3. The van der Waals surface area contributed by atoms with Crippen molar-refractivity contribution in [3.05, 3.63) is 71.8 Å². The second kappa shape index (κ2) is 5.22. The van der Waals surface area contributed by atoms with Crippen LogP contribution in [0.1, 0.15) is 32.4 Å². The summed E-state index contributed by atoms with van der Waals surface area (Å²) in [6.07, 6.45) is 0. The Kier molecular flexibility index (Phi) is 3.43. The molecular weight excluding hydrogens is 229 g/mol. The molecule has 0 aliphatic carbocycles. The third-order valence-electron chi connectivity index (χ3n) is 3.78. The van der Waals surface area contributed by atoms with Crippen LogP contribution in [0.5, 0.6) is 0 Å². The van der Waals surface area contributed by atoms with E-state index in [1.54, 1.807) is 0 Å². The molecule has 95 valence electrons. The van der Waals surface area contributed by atoms with E-state index in [0.717, 1.165) is 0 Å². The lowest BCUT2D eigenvalue weighted by atomic mass is 9.94. The fourth-order valence-electron chi connectivity index (χ4n) is 2.54. The molecule has 3 radical (unpaired) electrons. The molecule has 0 amide bonds. The van der Waals surface area contributed by atoms with E-state index in [-0.39, 0.29) is 26.5 Å². The summed E-state index contributed by atoms with van der Waals surface area (Å²) >= 11 is 0. The van der Waals surface area contributed by atoms with Crippen LogP contribution in [-0.4, -0.2) is 19.8 Å². The zero-order chi connectivity index (χ0) is 13.5. The number of hydrogen-bond acceptors (Lipinski definition) is 1. The van der Waals surface area contributed by atoms with Gasteiger partial charge in [-0.1, -0.05) is 60.7 Å². The van der Waals surface area contributed by atoms with Crippen LogP contribution in [0.2, 0.25) is 0 Å². The molecule has 0 N–H and O–H groups in total. The average Bonchev–Trinajstić information content (AvgIpc) is 3.13. The number of hydrogen-bond donors (Lipinski definition) is 0. The molecule has 1 unspecified atom stereocenters. The second-order valence-corrected chi connectivity index (χ2v) is 5.34. The Hall–Kier alpha value is -1.54. The maximum Gasteiger partial charge on any atom is 0.0485 e. The predicted molar refractivity (Wildman–Crippen MR) is 81.1 cm³/mol. The van der Waals surface area contributed by atoms with Gasteiger partial charge in [-0.2, -0.15) is 0 Å². The van der Waals surface area contributed by atoms with Gasteiger partial charge in [0, 0.05) is 27.9 Å². The third-order valence-corrected chi connectivity index (χ3v) is 3.78. The van der Waals surface area contributed by atoms with Gasteiger partial charge in [-0.15, -0.1) is 0 Å². The van der Waals surface area contributed by atoms with Crippen molar-refractivity contribution in [1.29, 1.82) is 0 Å². The molecule has 0 bridgehead atoms. The van der Waals surface area contributed by atoms with Crippen LogP contribution in [0.15, 0.2) is 60.7 Å². The molecule has 19 heavy (non-hydrogen) atoms. The lowest BCUT2D eigenvalue weighted by molar-refractivity contribution is 0.265.